The van der Waals surface area contributed by atoms with Crippen molar-refractivity contribution < 1.29 is 18.7 Å². The van der Waals surface area contributed by atoms with Crippen LogP contribution in [0.25, 0.3) is 0 Å². The fraction of sp³-hybridized carbons (Fsp3) is 0.0909. The van der Waals surface area contributed by atoms with Gasteiger partial charge in [0, 0.05) is 15.7 Å². The van der Waals surface area contributed by atoms with Gasteiger partial charge in [0.05, 0.1) is 11.3 Å². The van der Waals surface area contributed by atoms with Gasteiger partial charge in [0.2, 0.25) is 0 Å². The van der Waals surface area contributed by atoms with Crippen LogP contribution in [0.5, 0.6) is 5.75 Å². The summed E-state index contributed by atoms with van der Waals surface area (Å²) in [6, 6.07) is 16.9. The van der Waals surface area contributed by atoms with E-state index in [1.807, 2.05) is 0 Å². The number of rotatable bonds is 6. The van der Waals surface area contributed by atoms with E-state index in [0.29, 0.717) is 21.4 Å². The minimum absolute atomic E-state index is 0.101. The highest BCUT2D eigenvalue weighted by atomic mass is 35.5. The Hall–Kier alpha value is -3.09. The summed E-state index contributed by atoms with van der Waals surface area (Å²) in [7, 11) is 0. The summed E-state index contributed by atoms with van der Waals surface area (Å²) < 4.78 is 19.6. The number of para-hydroxylation sites is 2. The van der Waals surface area contributed by atoms with Crippen LogP contribution in [0.2, 0.25) is 10.0 Å². The third-order valence-electron chi connectivity index (χ3n) is 4.06. The fourth-order valence-corrected chi connectivity index (χ4v) is 3.15. The average Bonchev–Trinajstić information content (AvgIpc) is 2.68. The molecule has 0 saturated heterocycles. The number of benzene rings is 3. The lowest BCUT2D eigenvalue weighted by molar-refractivity contribution is -0.122. The van der Waals surface area contributed by atoms with Crippen LogP contribution in [0.1, 0.15) is 17.3 Å². The second kappa shape index (κ2) is 9.61. The number of carbonyl (C=O) groups is 2. The Morgan fingerprint density at radius 3 is 2.27 bits per heavy atom. The van der Waals surface area contributed by atoms with E-state index < -0.39 is 23.7 Å². The number of halogens is 3. The highest BCUT2D eigenvalue weighted by molar-refractivity contribution is 6.35. The molecule has 0 saturated carbocycles. The number of hydrogen-bond donors (Lipinski definition) is 2. The smallest absolute Gasteiger partial charge is 0.265 e. The molecule has 3 rings (SSSR count). The molecular weight excluding hydrogens is 430 g/mol. The molecule has 0 aromatic heterocycles. The summed E-state index contributed by atoms with van der Waals surface area (Å²) in [6.07, 6.45) is -0.908. The third-order valence-corrected chi connectivity index (χ3v) is 4.49. The van der Waals surface area contributed by atoms with Gasteiger partial charge in [0.1, 0.15) is 11.6 Å². The third kappa shape index (κ3) is 5.49. The summed E-state index contributed by atoms with van der Waals surface area (Å²) in [6.45, 7) is 1.55. The first-order valence-electron chi connectivity index (χ1n) is 8.92. The van der Waals surface area contributed by atoms with Gasteiger partial charge in [-0.25, -0.2) is 4.39 Å². The first kappa shape index (κ1) is 21.6. The molecule has 1 atom stereocenters. The normalized spacial score (nSPS) is 11.5. The summed E-state index contributed by atoms with van der Waals surface area (Å²) in [5.74, 6) is -1.45. The largest absolute Gasteiger partial charge is 0.479 e. The minimum atomic E-state index is -0.908. The Morgan fingerprint density at radius 1 is 0.933 bits per heavy atom. The SMILES string of the molecule is CC(Oc1ccccc1NC(=O)c1ccccc1F)C(=O)Nc1cc(Cl)cc(Cl)c1. The Morgan fingerprint density at radius 2 is 1.57 bits per heavy atom. The van der Waals surface area contributed by atoms with Crippen LogP contribution in [0.15, 0.2) is 66.7 Å². The lowest BCUT2D eigenvalue weighted by Crippen LogP contribution is -2.30. The molecule has 3 aromatic carbocycles. The first-order valence-corrected chi connectivity index (χ1v) is 9.67. The molecule has 0 aliphatic carbocycles. The maximum absolute atomic E-state index is 13.9. The number of carbonyl (C=O) groups excluding carboxylic acids is 2. The topological polar surface area (TPSA) is 67.4 Å². The molecule has 0 aliphatic rings. The van der Waals surface area contributed by atoms with Crippen molar-refractivity contribution in [3.8, 4) is 5.75 Å². The number of anilines is 2. The molecule has 154 valence electrons. The van der Waals surface area contributed by atoms with E-state index in [0.717, 1.165) is 0 Å². The van der Waals surface area contributed by atoms with Crippen LogP contribution in [0.3, 0.4) is 0 Å². The maximum Gasteiger partial charge on any atom is 0.265 e. The summed E-state index contributed by atoms with van der Waals surface area (Å²) in [5.41, 5.74) is 0.626. The monoisotopic (exact) mass is 446 g/mol. The molecule has 0 bridgehead atoms. The van der Waals surface area contributed by atoms with Crippen molar-refractivity contribution in [1.82, 2.24) is 0 Å². The minimum Gasteiger partial charge on any atom is -0.479 e. The quantitative estimate of drug-likeness (QED) is 0.503. The molecular formula is C22H17Cl2FN2O3. The van der Waals surface area contributed by atoms with E-state index in [9.17, 15) is 14.0 Å². The summed E-state index contributed by atoms with van der Waals surface area (Å²) in [5, 5.41) is 6.04. The van der Waals surface area contributed by atoms with E-state index in [1.54, 1.807) is 55.5 Å². The molecule has 0 fully saturated rings. The highest BCUT2D eigenvalue weighted by Crippen LogP contribution is 2.27. The van der Waals surface area contributed by atoms with Gasteiger partial charge in [0.15, 0.2) is 6.10 Å². The first-order chi connectivity index (χ1) is 14.3. The van der Waals surface area contributed by atoms with Gasteiger partial charge in [-0.3, -0.25) is 9.59 Å². The van der Waals surface area contributed by atoms with Gasteiger partial charge in [-0.15, -0.1) is 0 Å². The summed E-state index contributed by atoms with van der Waals surface area (Å²) in [4.78, 5) is 24.9. The second-order valence-electron chi connectivity index (χ2n) is 6.34. The Kier molecular flexibility index (Phi) is 6.92. The predicted molar refractivity (Wildman–Crippen MR) is 116 cm³/mol. The van der Waals surface area contributed by atoms with Crippen molar-refractivity contribution in [2.24, 2.45) is 0 Å². The van der Waals surface area contributed by atoms with Gasteiger partial charge < -0.3 is 15.4 Å². The molecule has 3 aromatic rings. The molecule has 0 heterocycles. The molecule has 30 heavy (non-hydrogen) atoms. The average molecular weight is 447 g/mol. The maximum atomic E-state index is 13.9. The summed E-state index contributed by atoms with van der Waals surface area (Å²) >= 11 is 11.9. The second-order valence-corrected chi connectivity index (χ2v) is 7.21. The number of amides is 2. The number of hydrogen-bond acceptors (Lipinski definition) is 3. The van der Waals surface area contributed by atoms with Gasteiger partial charge in [-0.2, -0.15) is 0 Å². The van der Waals surface area contributed by atoms with Crippen LogP contribution in [-0.4, -0.2) is 17.9 Å². The van der Waals surface area contributed by atoms with Crippen LogP contribution < -0.4 is 15.4 Å². The van der Waals surface area contributed by atoms with E-state index in [-0.39, 0.29) is 11.3 Å². The van der Waals surface area contributed by atoms with Crippen molar-refractivity contribution in [2.45, 2.75) is 13.0 Å². The highest BCUT2D eigenvalue weighted by Gasteiger charge is 2.19. The van der Waals surface area contributed by atoms with Gasteiger partial charge in [-0.1, -0.05) is 47.5 Å². The number of ether oxygens (including phenoxy) is 1. The predicted octanol–water partition coefficient (Wildman–Crippen LogP) is 5.79. The number of nitrogens with one attached hydrogen (secondary N) is 2. The van der Waals surface area contributed by atoms with Crippen LogP contribution >= 0.6 is 23.2 Å². The van der Waals surface area contributed by atoms with Gasteiger partial charge in [0.25, 0.3) is 11.8 Å². The van der Waals surface area contributed by atoms with Crippen LogP contribution in [0.4, 0.5) is 15.8 Å². The standard InChI is InChI=1S/C22H17Cl2FN2O3/c1-13(21(28)26-16-11-14(23)10-15(24)12-16)30-20-9-5-4-8-19(20)27-22(29)17-6-2-3-7-18(17)25/h2-13H,1H3,(H,26,28)(H,27,29). The van der Waals surface area contributed by atoms with E-state index in [4.69, 9.17) is 27.9 Å². The Labute approximate surface area is 182 Å². The fourth-order valence-electron chi connectivity index (χ4n) is 2.62. The van der Waals surface area contributed by atoms with E-state index in [1.165, 1.54) is 18.2 Å². The zero-order valence-electron chi connectivity index (χ0n) is 15.8. The molecule has 1 unspecified atom stereocenters. The zero-order valence-corrected chi connectivity index (χ0v) is 17.3. The van der Waals surface area contributed by atoms with Crippen molar-refractivity contribution in [2.75, 3.05) is 10.6 Å². The van der Waals surface area contributed by atoms with Gasteiger partial charge >= 0.3 is 0 Å². The Balaban J connectivity index is 1.71. The van der Waals surface area contributed by atoms with Crippen molar-refractivity contribution >= 4 is 46.4 Å². The van der Waals surface area contributed by atoms with Crippen LogP contribution in [0, 0.1) is 5.82 Å². The van der Waals surface area contributed by atoms with E-state index >= 15 is 0 Å². The molecule has 5 nitrogen and oxygen atoms in total. The molecule has 8 heteroatoms. The van der Waals surface area contributed by atoms with Gasteiger partial charge in [-0.05, 0) is 49.4 Å². The lowest BCUT2D eigenvalue weighted by atomic mass is 10.2. The molecule has 0 aliphatic heterocycles. The van der Waals surface area contributed by atoms with Crippen molar-refractivity contribution in [3.63, 3.8) is 0 Å². The van der Waals surface area contributed by atoms with Crippen molar-refractivity contribution in [1.29, 1.82) is 0 Å². The molecule has 0 radical (unpaired) electrons. The van der Waals surface area contributed by atoms with Crippen LogP contribution in [-0.2, 0) is 4.79 Å². The zero-order chi connectivity index (χ0) is 21.7. The molecule has 2 amide bonds. The Bertz CT molecular complexity index is 1070. The van der Waals surface area contributed by atoms with Crippen molar-refractivity contribution in [3.05, 3.63) is 88.2 Å². The molecule has 0 spiro atoms. The molecule has 2 N–H and O–H groups in total. The van der Waals surface area contributed by atoms with E-state index in [2.05, 4.69) is 10.6 Å². The lowest BCUT2D eigenvalue weighted by Gasteiger charge is -2.18.